The summed E-state index contributed by atoms with van der Waals surface area (Å²) in [7, 11) is -1.31. The van der Waals surface area contributed by atoms with Crippen molar-refractivity contribution in [1.29, 1.82) is 0 Å². The van der Waals surface area contributed by atoms with Gasteiger partial charge in [0, 0.05) is 12.1 Å². The number of hydrogen-bond donors (Lipinski definition) is 1. The summed E-state index contributed by atoms with van der Waals surface area (Å²) in [5.41, 5.74) is 0.668. The summed E-state index contributed by atoms with van der Waals surface area (Å²) < 4.78 is 28.1. The number of ether oxygens (including phenoxy) is 1. The van der Waals surface area contributed by atoms with Crippen LogP contribution in [0.15, 0.2) is 18.2 Å². The summed E-state index contributed by atoms with van der Waals surface area (Å²) in [4.78, 5) is 0. The van der Waals surface area contributed by atoms with Crippen molar-refractivity contribution in [1.82, 2.24) is 5.32 Å². The van der Waals surface area contributed by atoms with E-state index in [2.05, 4.69) is 5.32 Å². The molecule has 106 valence electrons. The lowest BCUT2D eigenvalue weighted by Gasteiger charge is -2.24. The van der Waals surface area contributed by atoms with Crippen molar-refractivity contribution in [3.63, 3.8) is 0 Å². The summed E-state index contributed by atoms with van der Waals surface area (Å²) in [6.45, 7) is 2.54. The van der Waals surface area contributed by atoms with Crippen LogP contribution in [0.5, 0.6) is 5.75 Å². The number of halogens is 1. The van der Waals surface area contributed by atoms with Gasteiger partial charge in [0.15, 0.2) is 9.84 Å². The van der Waals surface area contributed by atoms with Gasteiger partial charge in [-0.1, -0.05) is 17.7 Å². The average Bonchev–Trinajstić information content (AvgIpc) is 2.62. The maximum absolute atomic E-state index is 11.5. The van der Waals surface area contributed by atoms with E-state index in [1.165, 1.54) is 0 Å². The fraction of sp³-hybridized carbons (Fsp3) is 0.538. The Bertz CT molecular complexity index is 573. The largest absolute Gasteiger partial charge is 0.495 e. The second-order valence-electron chi connectivity index (χ2n) is 5.23. The van der Waals surface area contributed by atoms with E-state index in [1.54, 1.807) is 7.11 Å². The molecule has 0 bridgehead atoms. The van der Waals surface area contributed by atoms with Crippen LogP contribution in [0.1, 0.15) is 18.9 Å². The third-order valence-electron chi connectivity index (χ3n) is 3.44. The first-order chi connectivity index (χ1) is 8.84. The zero-order chi connectivity index (χ0) is 14.1. The van der Waals surface area contributed by atoms with Crippen LogP contribution in [0.2, 0.25) is 5.02 Å². The van der Waals surface area contributed by atoms with Gasteiger partial charge in [-0.05, 0) is 31.0 Å². The average molecular weight is 304 g/mol. The molecule has 1 heterocycles. The Balaban J connectivity index is 2.01. The summed E-state index contributed by atoms with van der Waals surface area (Å²) in [6.07, 6.45) is 0.652. The maximum Gasteiger partial charge on any atom is 0.152 e. The third-order valence-corrected chi connectivity index (χ3v) is 5.64. The van der Waals surface area contributed by atoms with Crippen molar-refractivity contribution in [3.8, 4) is 5.75 Å². The van der Waals surface area contributed by atoms with Gasteiger partial charge >= 0.3 is 0 Å². The van der Waals surface area contributed by atoms with Gasteiger partial charge in [0.25, 0.3) is 0 Å². The molecule has 0 saturated carbocycles. The molecule has 1 atom stereocenters. The molecule has 0 spiro atoms. The third kappa shape index (κ3) is 3.61. The fourth-order valence-corrected chi connectivity index (χ4v) is 4.69. The number of sulfone groups is 1. The SMILES string of the molecule is COc1ccc(CNC2(C)CCS(=O)(=O)C2)cc1Cl. The normalized spacial score (nSPS) is 25.4. The van der Waals surface area contributed by atoms with Gasteiger partial charge in [0.2, 0.25) is 0 Å². The standard InChI is InChI=1S/C13H18ClNO3S/c1-13(5-6-19(16,17)9-13)15-8-10-3-4-12(18-2)11(14)7-10/h3-4,7,15H,5-6,8-9H2,1-2H3. The van der Waals surface area contributed by atoms with Gasteiger partial charge in [0.05, 0.1) is 23.6 Å². The minimum Gasteiger partial charge on any atom is -0.495 e. The van der Waals surface area contributed by atoms with E-state index in [0.29, 0.717) is 23.7 Å². The number of rotatable bonds is 4. The highest BCUT2D eigenvalue weighted by Gasteiger charge is 2.37. The molecule has 2 rings (SSSR count). The van der Waals surface area contributed by atoms with Crippen molar-refractivity contribution in [2.75, 3.05) is 18.6 Å². The lowest BCUT2D eigenvalue weighted by atomic mass is 10.0. The number of benzene rings is 1. The van der Waals surface area contributed by atoms with E-state index in [1.807, 2.05) is 25.1 Å². The Morgan fingerprint density at radius 3 is 2.74 bits per heavy atom. The highest BCUT2D eigenvalue weighted by atomic mass is 35.5. The first-order valence-electron chi connectivity index (χ1n) is 6.11. The number of nitrogens with one attached hydrogen (secondary N) is 1. The smallest absolute Gasteiger partial charge is 0.152 e. The second-order valence-corrected chi connectivity index (χ2v) is 7.82. The molecule has 0 radical (unpaired) electrons. The van der Waals surface area contributed by atoms with Crippen LogP contribution >= 0.6 is 11.6 Å². The zero-order valence-corrected chi connectivity index (χ0v) is 12.6. The predicted octanol–water partition coefficient (Wildman–Crippen LogP) is 2.02. The molecule has 1 aromatic carbocycles. The topological polar surface area (TPSA) is 55.4 Å². The zero-order valence-electron chi connectivity index (χ0n) is 11.1. The summed E-state index contributed by atoms with van der Waals surface area (Å²) in [5, 5.41) is 3.88. The van der Waals surface area contributed by atoms with Gasteiger partial charge < -0.3 is 10.1 Å². The molecule has 0 amide bonds. The number of hydrogen-bond acceptors (Lipinski definition) is 4. The van der Waals surface area contributed by atoms with Crippen LogP contribution in [-0.2, 0) is 16.4 Å². The first-order valence-corrected chi connectivity index (χ1v) is 8.31. The minimum absolute atomic E-state index is 0.198. The molecule has 0 aliphatic carbocycles. The molecule has 1 fully saturated rings. The highest BCUT2D eigenvalue weighted by Crippen LogP contribution is 2.26. The summed E-state index contributed by atoms with van der Waals surface area (Å²) in [5.74, 6) is 1.10. The minimum atomic E-state index is -2.89. The van der Waals surface area contributed by atoms with Gasteiger partial charge in [-0.2, -0.15) is 0 Å². The van der Waals surface area contributed by atoms with Crippen LogP contribution in [0.4, 0.5) is 0 Å². The number of methoxy groups -OCH3 is 1. The second kappa shape index (κ2) is 5.31. The van der Waals surface area contributed by atoms with E-state index in [9.17, 15) is 8.42 Å². The van der Waals surface area contributed by atoms with E-state index >= 15 is 0 Å². The lowest BCUT2D eigenvalue weighted by Crippen LogP contribution is -2.42. The van der Waals surface area contributed by atoms with Crippen LogP contribution in [0.25, 0.3) is 0 Å². The molecule has 6 heteroatoms. The van der Waals surface area contributed by atoms with Crippen LogP contribution in [-0.4, -0.2) is 32.6 Å². The van der Waals surface area contributed by atoms with Gasteiger partial charge in [-0.3, -0.25) is 0 Å². The van der Waals surface area contributed by atoms with Crippen molar-refractivity contribution in [2.45, 2.75) is 25.4 Å². The maximum atomic E-state index is 11.5. The van der Waals surface area contributed by atoms with Crippen LogP contribution in [0.3, 0.4) is 0 Å². The molecule has 1 saturated heterocycles. The van der Waals surface area contributed by atoms with E-state index in [-0.39, 0.29) is 17.0 Å². The summed E-state index contributed by atoms with van der Waals surface area (Å²) in [6, 6.07) is 5.57. The molecule has 1 unspecified atom stereocenters. The van der Waals surface area contributed by atoms with Crippen molar-refractivity contribution >= 4 is 21.4 Å². The lowest BCUT2D eigenvalue weighted by molar-refractivity contribution is 0.395. The molecule has 0 aromatic heterocycles. The Hall–Kier alpha value is -0.780. The molecule has 1 aliphatic rings. The van der Waals surface area contributed by atoms with E-state index < -0.39 is 9.84 Å². The molecular formula is C13H18ClNO3S. The Labute approximate surface area is 119 Å². The predicted molar refractivity (Wildman–Crippen MR) is 76.5 cm³/mol. The van der Waals surface area contributed by atoms with Crippen molar-refractivity contribution in [2.24, 2.45) is 0 Å². The van der Waals surface area contributed by atoms with Crippen LogP contribution < -0.4 is 10.1 Å². The molecule has 4 nitrogen and oxygen atoms in total. The van der Waals surface area contributed by atoms with E-state index in [0.717, 1.165) is 5.56 Å². The van der Waals surface area contributed by atoms with Crippen LogP contribution in [0, 0.1) is 0 Å². The fourth-order valence-electron chi connectivity index (χ4n) is 2.29. The summed E-state index contributed by atoms with van der Waals surface area (Å²) >= 11 is 6.06. The first kappa shape index (κ1) is 14.6. The monoisotopic (exact) mass is 303 g/mol. The molecule has 19 heavy (non-hydrogen) atoms. The Kier molecular flexibility index (Phi) is 4.08. The van der Waals surface area contributed by atoms with Gasteiger partial charge in [-0.15, -0.1) is 0 Å². The highest BCUT2D eigenvalue weighted by molar-refractivity contribution is 7.91. The molecule has 1 N–H and O–H groups in total. The van der Waals surface area contributed by atoms with Crippen molar-refractivity contribution < 1.29 is 13.2 Å². The Morgan fingerprint density at radius 1 is 1.47 bits per heavy atom. The Morgan fingerprint density at radius 2 is 2.21 bits per heavy atom. The quantitative estimate of drug-likeness (QED) is 0.924. The molecule has 1 aromatic rings. The van der Waals surface area contributed by atoms with E-state index in [4.69, 9.17) is 16.3 Å². The molecule has 1 aliphatic heterocycles. The van der Waals surface area contributed by atoms with Crippen molar-refractivity contribution in [3.05, 3.63) is 28.8 Å². The van der Waals surface area contributed by atoms with Gasteiger partial charge in [-0.25, -0.2) is 8.42 Å². The molecular weight excluding hydrogens is 286 g/mol. The van der Waals surface area contributed by atoms with Gasteiger partial charge in [0.1, 0.15) is 5.75 Å².